The van der Waals surface area contributed by atoms with E-state index in [2.05, 4.69) is 9.97 Å². The first-order valence-electron chi connectivity index (χ1n) is 4.49. The van der Waals surface area contributed by atoms with Crippen LogP contribution in [0.2, 0.25) is 0 Å². The molecule has 0 aliphatic heterocycles. The quantitative estimate of drug-likeness (QED) is 0.638. The third kappa shape index (κ3) is 1.09. The number of aromatic nitrogens is 2. The molecule has 0 saturated carbocycles. The number of hydrogen-bond acceptors (Lipinski definition) is 2. The summed E-state index contributed by atoms with van der Waals surface area (Å²) in [6.07, 6.45) is 3.22. The Kier molecular flexibility index (Phi) is 1.95. The number of hydrogen-bond donors (Lipinski definition) is 0. The molecule has 2 aromatic rings. The summed E-state index contributed by atoms with van der Waals surface area (Å²) >= 11 is 0. The van der Waals surface area contributed by atoms with Crippen LogP contribution >= 0.6 is 0 Å². The molecule has 2 rings (SSSR count). The zero-order valence-corrected chi connectivity index (χ0v) is 8.43. The van der Waals surface area contributed by atoms with Gasteiger partial charge in [-0.2, -0.15) is 0 Å². The maximum atomic E-state index is 13.7. The lowest BCUT2D eigenvalue weighted by Crippen LogP contribution is -1.97. The maximum absolute atomic E-state index is 13.7. The van der Waals surface area contributed by atoms with Gasteiger partial charge in [0.1, 0.15) is 5.82 Å². The molecule has 0 bridgehead atoms. The van der Waals surface area contributed by atoms with Crippen molar-refractivity contribution < 1.29 is 4.39 Å². The second-order valence-corrected chi connectivity index (χ2v) is 3.44. The van der Waals surface area contributed by atoms with E-state index in [4.69, 9.17) is 0 Å². The van der Waals surface area contributed by atoms with E-state index in [0.29, 0.717) is 16.6 Å². The van der Waals surface area contributed by atoms with Gasteiger partial charge in [0, 0.05) is 18.0 Å². The van der Waals surface area contributed by atoms with Crippen LogP contribution in [0.15, 0.2) is 12.4 Å². The highest BCUT2D eigenvalue weighted by molar-refractivity contribution is 5.82. The summed E-state index contributed by atoms with van der Waals surface area (Å²) < 4.78 is 13.7. The summed E-state index contributed by atoms with van der Waals surface area (Å²) in [4.78, 5) is 8.36. The molecule has 0 aliphatic rings. The lowest BCUT2D eigenvalue weighted by atomic mass is 10.0. The van der Waals surface area contributed by atoms with E-state index in [1.165, 1.54) is 0 Å². The molecule has 0 unspecified atom stereocenters. The molecule has 1 heterocycles. The van der Waals surface area contributed by atoms with Crippen LogP contribution in [0.25, 0.3) is 11.0 Å². The lowest BCUT2D eigenvalue weighted by Gasteiger charge is -2.08. The molecule has 0 radical (unpaired) electrons. The van der Waals surface area contributed by atoms with Crippen molar-refractivity contribution in [1.29, 1.82) is 0 Å². The molecular weight excluding hydrogens is 179 g/mol. The van der Waals surface area contributed by atoms with E-state index in [9.17, 15) is 4.39 Å². The number of benzene rings is 1. The zero-order valence-electron chi connectivity index (χ0n) is 8.43. The molecule has 0 N–H and O–H groups in total. The maximum Gasteiger partial charge on any atom is 0.131 e. The molecule has 1 aromatic heterocycles. The predicted molar refractivity (Wildman–Crippen MR) is 53.7 cm³/mol. The van der Waals surface area contributed by atoms with Crippen LogP contribution in [0.5, 0.6) is 0 Å². The molecule has 1 aromatic carbocycles. The third-order valence-electron chi connectivity index (χ3n) is 2.63. The summed E-state index contributed by atoms with van der Waals surface area (Å²) in [5.74, 6) is -0.171. The fourth-order valence-corrected chi connectivity index (χ4v) is 1.61. The van der Waals surface area contributed by atoms with Gasteiger partial charge in [0.05, 0.1) is 11.0 Å². The average Bonchev–Trinajstić information content (AvgIpc) is 2.23. The van der Waals surface area contributed by atoms with Crippen molar-refractivity contribution in [1.82, 2.24) is 9.97 Å². The minimum absolute atomic E-state index is 0.171. The van der Waals surface area contributed by atoms with Gasteiger partial charge >= 0.3 is 0 Å². The minimum atomic E-state index is -0.171. The standard InChI is InChI=1S/C11H11FN2/c1-6-7(2)10-11(8(3)9(6)12)14-5-4-13-10/h4-5H,1-3H3. The van der Waals surface area contributed by atoms with Gasteiger partial charge in [0.25, 0.3) is 0 Å². The summed E-state index contributed by atoms with van der Waals surface area (Å²) in [6.45, 7) is 5.37. The zero-order chi connectivity index (χ0) is 10.3. The summed E-state index contributed by atoms with van der Waals surface area (Å²) in [7, 11) is 0. The van der Waals surface area contributed by atoms with Crippen molar-refractivity contribution in [2.45, 2.75) is 20.8 Å². The highest BCUT2D eigenvalue weighted by atomic mass is 19.1. The Bertz CT molecular complexity index is 460. The Labute approximate surface area is 81.8 Å². The smallest absolute Gasteiger partial charge is 0.131 e. The molecule has 14 heavy (non-hydrogen) atoms. The van der Waals surface area contributed by atoms with Gasteiger partial charge in [-0.05, 0) is 31.9 Å². The molecule has 0 saturated heterocycles. The molecular formula is C11H11FN2. The average molecular weight is 190 g/mol. The Morgan fingerprint density at radius 3 is 1.93 bits per heavy atom. The molecule has 0 aliphatic carbocycles. The SMILES string of the molecule is Cc1c(F)c(C)c2nccnc2c1C. The number of rotatable bonds is 0. The third-order valence-corrected chi connectivity index (χ3v) is 2.63. The van der Waals surface area contributed by atoms with Gasteiger partial charge in [0.15, 0.2) is 0 Å². The Hall–Kier alpha value is -1.51. The normalized spacial score (nSPS) is 10.9. The molecule has 3 heteroatoms. The van der Waals surface area contributed by atoms with Crippen LogP contribution in [0, 0.1) is 26.6 Å². The van der Waals surface area contributed by atoms with Crippen LogP contribution in [0.3, 0.4) is 0 Å². The number of aryl methyl sites for hydroxylation is 2. The van der Waals surface area contributed by atoms with Crippen molar-refractivity contribution in [2.75, 3.05) is 0 Å². The highest BCUT2D eigenvalue weighted by Gasteiger charge is 2.12. The lowest BCUT2D eigenvalue weighted by molar-refractivity contribution is 0.609. The van der Waals surface area contributed by atoms with E-state index < -0.39 is 0 Å². The van der Waals surface area contributed by atoms with Gasteiger partial charge in [0.2, 0.25) is 0 Å². The van der Waals surface area contributed by atoms with Crippen LogP contribution in [0.4, 0.5) is 4.39 Å². The van der Waals surface area contributed by atoms with Crippen molar-refractivity contribution in [3.63, 3.8) is 0 Å². The van der Waals surface area contributed by atoms with Crippen molar-refractivity contribution in [3.05, 3.63) is 34.9 Å². The van der Waals surface area contributed by atoms with Crippen LogP contribution in [-0.4, -0.2) is 9.97 Å². The van der Waals surface area contributed by atoms with Gasteiger partial charge in [-0.3, -0.25) is 9.97 Å². The summed E-state index contributed by atoms with van der Waals surface area (Å²) in [5, 5.41) is 0. The van der Waals surface area contributed by atoms with Crippen molar-refractivity contribution in [3.8, 4) is 0 Å². The fraction of sp³-hybridized carbons (Fsp3) is 0.273. The molecule has 0 spiro atoms. The minimum Gasteiger partial charge on any atom is -0.253 e. The number of fused-ring (bicyclic) bond motifs is 1. The van der Waals surface area contributed by atoms with Crippen molar-refractivity contribution in [2.24, 2.45) is 0 Å². The van der Waals surface area contributed by atoms with Crippen LogP contribution < -0.4 is 0 Å². The van der Waals surface area contributed by atoms with Crippen LogP contribution in [0.1, 0.15) is 16.7 Å². The second kappa shape index (κ2) is 3.01. The number of nitrogens with zero attached hydrogens (tertiary/aromatic N) is 2. The molecule has 0 fully saturated rings. The predicted octanol–water partition coefficient (Wildman–Crippen LogP) is 2.69. The van der Waals surface area contributed by atoms with Gasteiger partial charge in [-0.25, -0.2) is 4.39 Å². The first kappa shape index (κ1) is 9.06. The topological polar surface area (TPSA) is 25.8 Å². The Morgan fingerprint density at radius 2 is 1.36 bits per heavy atom. The summed E-state index contributed by atoms with van der Waals surface area (Å²) in [5.41, 5.74) is 3.57. The van der Waals surface area contributed by atoms with Crippen molar-refractivity contribution >= 4 is 11.0 Å². The Balaban J connectivity index is 3.02. The fourth-order valence-electron chi connectivity index (χ4n) is 1.61. The van der Waals surface area contributed by atoms with E-state index in [-0.39, 0.29) is 5.82 Å². The first-order chi connectivity index (χ1) is 6.63. The van der Waals surface area contributed by atoms with E-state index in [1.807, 2.05) is 6.92 Å². The summed E-state index contributed by atoms with van der Waals surface area (Å²) in [6, 6.07) is 0. The van der Waals surface area contributed by atoms with Gasteiger partial charge < -0.3 is 0 Å². The Morgan fingerprint density at radius 1 is 0.857 bits per heavy atom. The van der Waals surface area contributed by atoms with Gasteiger partial charge in [-0.1, -0.05) is 0 Å². The van der Waals surface area contributed by atoms with E-state index >= 15 is 0 Å². The first-order valence-corrected chi connectivity index (χ1v) is 4.49. The van der Waals surface area contributed by atoms with Crippen LogP contribution in [-0.2, 0) is 0 Å². The van der Waals surface area contributed by atoms with Gasteiger partial charge in [-0.15, -0.1) is 0 Å². The van der Waals surface area contributed by atoms with E-state index in [0.717, 1.165) is 11.1 Å². The van der Waals surface area contributed by atoms with E-state index in [1.54, 1.807) is 26.2 Å². The molecule has 0 atom stereocenters. The molecule has 0 amide bonds. The molecule has 2 nitrogen and oxygen atoms in total. The largest absolute Gasteiger partial charge is 0.253 e. The number of halogens is 1. The molecule has 72 valence electrons. The highest BCUT2D eigenvalue weighted by Crippen LogP contribution is 2.24. The second-order valence-electron chi connectivity index (χ2n) is 3.44. The monoisotopic (exact) mass is 190 g/mol.